The highest BCUT2D eigenvalue weighted by atomic mass is 16.6. The zero-order chi connectivity index (χ0) is 15.0. The monoisotopic (exact) mass is 275 g/mol. The van der Waals surface area contributed by atoms with Gasteiger partial charge in [-0.15, -0.1) is 0 Å². The summed E-state index contributed by atoms with van der Waals surface area (Å²) < 4.78 is 5.51. The fourth-order valence-corrected chi connectivity index (χ4v) is 2.78. The van der Waals surface area contributed by atoms with Gasteiger partial charge >= 0.3 is 6.09 Å². The molecule has 2 rings (SSSR count). The van der Waals surface area contributed by atoms with Crippen LogP contribution in [0.2, 0.25) is 0 Å². The average molecular weight is 275 g/mol. The molecule has 3 nitrogen and oxygen atoms in total. The first-order chi connectivity index (χ1) is 9.19. The molecule has 1 heterocycles. The van der Waals surface area contributed by atoms with Crippen LogP contribution in [0.15, 0.2) is 24.3 Å². The van der Waals surface area contributed by atoms with Gasteiger partial charge in [0.25, 0.3) is 0 Å². The van der Waals surface area contributed by atoms with Gasteiger partial charge in [-0.3, -0.25) is 0 Å². The maximum absolute atomic E-state index is 12.3. The molecule has 0 aromatic heterocycles. The second kappa shape index (κ2) is 5.12. The van der Waals surface area contributed by atoms with E-state index in [1.54, 1.807) is 0 Å². The van der Waals surface area contributed by atoms with Crippen molar-refractivity contribution in [2.24, 2.45) is 0 Å². The van der Waals surface area contributed by atoms with Gasteiger partial charge in [0.15, 0.2) is 0 Å². The van der Waals surface area contributed by atoms with Crippen molar-refractivity contribution in [2.75, 3.05) is 13.1 Å². The maximum Gasteiger partial charge on any atom is 0.410 e. The zero-order valence-electron chi connectivity index (χ0n) is 13.2. The number of carbonyl (C=O) groups is 1. The molecule has 110 valence electrons. The summed E-state index contributed by atoms with van der Waals surface area (Å²) in [6.07, 6.45) is 0.678. The Kier molecular flexibility index (Phi) is 3.81. The third kappa shape index (κ3) is 3.33. The largest absolute Gasteiger partial charge is 0.444 e. The van der Waals surface area contributed by atoms with Crippen LogP contribution in [0, 0.1) is 0 Å². The summed E-state index contributed by atoms with van der Waals surface area (Å²) in [5, 5.41) is 0. The van der Waals surface area contributed by atoms with E-state index < -0.39 is 5.60 Å². The molecule has 3 heteroatoms. The Labute approximate surface area is 121 Å². The van der Waals surface area contributed by atoms with Crippen molar-refractivity contribution in [1.82, 2.24) is 4.90 Å². The Morgan fingerprint density at radius 1 is 1.25 bits per heavy atom. The van der Waals surface area contributed by atoms with E-state index in [1.807, 2.05) is 25.7 Å². The number of benzene rings is 1. The van der Waals surface area contributed by atoms with Crippen LogP contribution in [0.4, 0.5) is 4.79 Å². The van der Waals surface area contributed by atoms with E-state index in [0.717, 1.165) is 13.0 Å². The number of carbonyl (C=O) groups excluding carboxylic acids is 1. The molecule has 1 aromatic rings. The fourth-order valence-electron chi connectivity index (χ4n) is 2.78. The molecule has 1 aliphatic rings. The lowest BCUT2D eigenvalue weighted by atomic mass is 9.82. The molecule has 0 aliphatic carbocycles. The second-order valence-electron chi connectivity index (χ2n) is 7.19. The van der Waals surface area contributed by atoms with Crippen LogP contribution in [0.5, 0.6) is 0 Å². The number of nitrogens with zero attached hydrogens (tertiary/aromatic N) is 1. The van der Waals surface area contributed by atoms with Gasteiger partial charge in [0, 0.05) is 18.5 Å². The second-order valence-corrected chi connectivity index (χ2v) is 7.19. The molecule has 0 saturated heterocycles. The minimum Gasteiger partial charge on any atom is -0.444 e. The van der Waals surface area contributed by atoms with Crippen LogP contribution in [0.3, 0.4) is 0 Å². The van der Waals surface area contributed by atoms with Crippen LogP contribution in [0.1, 0.15) is 45.7 Å². The van der Waals surface area contributed by atoms with Gasteiger partial charge in [-0.05, 0) is 38.3 Å². The van der Waals surface area contributed by atoms with Crippen molar-refractivity contribution in [3.8, 4) is 0 Å². The molecular formula is C17H25NO2. The Hall–Kier alpha value is -1.51. The highest BCUT2D eigenvalue weighted by Gasteiger charge is 2.33. The molecule has 0 N–H and O–H groups in total. The van der Waals surface area contributed by atoms with Gasteiger partial charge in [-0.1, -0.05) is 38.1 Å². The molecule has 0 fully saturated rings. The fraction of sp³-hybridized carbons (Fsp3) is 0.588. The van der Waals surface area contributed by atoms with Gasteiger partial charge in [0.05, 0.1) is 0 Å². The number of ether oxygens (including phenoxy) is 1. The van der Waals surface area contributed by atoms with Gasteiger partial charge in [-0.2, -0.15) is 0 Å². The van der Waals surface area contributed by atoms with Gasteiger partial charge in [0.2, 0.25) is 0 Å². The standard InChI is InChI=1S/C17H25NO2/c1-16(2,3)20-15(19)18-11-10-13-8-6-7-9-14(13)17(4,5)12-18/h6-9H,10-12H2,1-5H3. The molecular weight excluding hydrogens is 250 g/mol. The topological polar surface area (TPSA) is 29.5 Å². The molecule has 1 aliphatic heterocycles. The number of hydrogen-bond acceptors (Lipinski definition) is 2. The SMILES string of the molecule is CC(C)(C)OC(=O)N1CCc2ccccc2C(C)(C)C1. The predicted octanol–water partition coefficient (Wildman–Crippen LogP) is 3.76. The Balaban J connectivity index is 2.21. The van der Waals surface area contributed by atoms with Crippen molar-refractivity contribution >= 4 is 6.09 Å². The minimum absolute atomic E-state index is 0.0516. The van der Waals surface area contributed by atoms with Gasteiger partial charge in [-0.25, -0.2) is 4.79 Å². The molecule has 1 aromatic carbocycles. The molecule has 20 heavy (non-hydrogen) atoms. The van der Waals surface area contributed by atoms with E-state index in [2.05, 4.69) is 38.1 Å². The Morgan fingerprint density at radius 3 is 2.55 bits per heavy atom. The molecule has 0 atom stereocenters. The van der Waals surface area contributed by atoms with Crippen molar-refractivity contribution in [3.63, 3.8) is 0 Å². The summed E-state index contributed by atoms with van der Waals surface area (Å²) in [6, 6.07) is 8.48. The number of fused-ring (bicyclic) bond motifs is 1. The first-order valence-corrected chi connectivity index (χ1v) is 7.25. The predicted molar refractivity (Wildman–Crippen MR) is 81.0 cm³/mol. The summed E-state index contributed by atoms with van der Waals surface area (Å²) >= 11 is 0. The number of amides is 1. The Morgan fingerprint density at radius 2 is 1.90 bits per heavy atom. The van der Waals surface area contributed by atoms with Gasteiger partial charge in [0.1, 0.15) is 5.60 Å². The lowest BCUT2D eigenvalue weighted by molar-refractivity contribution is 0.0225. The highest BCUT2D eigenvalue weighted by molar-refractivity contribution is 5.68. The molecule has 0 bridgehead atoms. The first kappa shape index (κ1) is 14.9. The lowest BCUT2D eigenvalue weighted by Crippen LogP contribution is -2.42. The van der Waals surface area contributed by atoms with E-state index in [-0.39, 0.29) is 11.5 Å². The van der Waals surface area contributed by atoms with Crippen LogP contribution in [-0.2, 0) is 16.6 Å². The number of hydrogen-bond donors (Lipinski definition) is 0. The summed E-state index contributed by atoms with van der Waals surface area (Å²) in [5.74, 6) is 0. The molecule has 1 amide bonds. The van der Waals surface area contributed by atoms with Crippen molar-refractivity contribution in [2.45, 2.75) is 52.1 Å². The summed E-state index contributed by atoms with van der Waals surface area (Å²) in [5.41, 5.74) is 2.18. The van der Waals surface area contributed by atoms with Crippen LogP contribution >= 0.6 is 0 Å². The van der Waals surface area contributed by atoms with Crippen molar-refractivity contribution < 1.29 is 9.53 Å². The minimum atomic E-state index is -0.444. The number of rotatable bonds is 0. The first-order valence-electron chi connectivity index (χ1n) is 7.25. The van der Waals surface area contributed by atoms with E-state index in [4.69, 9.17) is 4.74 Å². The van der Waals surface area contributed by atoms with Gasteiger partial charge < -0.3 is 9.64 Å². The maximum atomic E-state index is 12.3. The van der Waals surface area contributed by atoms with E-state index in [1.165, 1.54) is 11.1 Å². The van der Waals surface area contributed by atoms with E-state index >= 15 is 0 Å². The average Bonchev–Trinajstić information content (AvgIpc) is 2.45. The summed E-state index contributed by atoms with van der Waals surface area (Å²) in [6.45, 7) is 11.5. The highest BCUT2D eigenvalue weighted by Crippen LogP contribution is 2.31. The van der Waals surface area contributed by atoms with E-state index in [0.29, 0.717) is 6.54 Å². The zero-order valence-corrected chi connectivity index (χ0v) is 13.2. The molecule has 0 spiro atoms. The third-order valence-corrected chi connectivity index (χ3v) is 3.64. The molecule has 0 unspecified atom stereocenters. The summed E-state index contributed by atoms with van der Waals surface area (Å²) in [7, 11) is 0. The molecule has 0 radical (unpaired) electrons. The van der Waals surface area contributed by atoms with Crippen LogP contribution in [-0.4, -0.2) is 29.7 Å². The van der Waals surface area contributed by atoms with Crippen molar-refractivity contribution in [3.05, 3.63) is 35.4 Å². The molecule has 0 saturated carbocycles. The Bertz CT molecular complexity index is 500. The van der Waals surface area contributed by atoms with Crippen molar-refractivity contribution in [1.29, 1.82) is 0 Å². The lowest BCUT2D eigenvalue weighted by Gasteiger charge is -2.32. The smallest absolute Gasteiger partial charge is 0.410 e. The van der Waals surface area contributed by atoms with Crippen LogP contribution in [0.25, 0.3) is 0 Å². The summed E-state index contributed by atoms with van der Waals surface area (Å²) in [4.78, 5) is 14.1. The normalized spacial score (nSPS) is 18.1. The quantitative estimate of drug-likeness (QED) is 0.721. The van der Waals surface area contributed by atoms with E-state index in [9.17, 15) is 4.79 Å². The third-order valence-electron chi connectivity index (χ3n) is 3.64. The van der Waals surface area contributed by atoms with Crippen LogP contribution < -0.4 is 0 Å².